The van der Waals surface area contributed by atoms with E-state index in [0.717, 1.165) is 0 Å². The van der Waals surface area contributed by atoms with Gasteiger partial charge in [0.1, 0.15) is 5.75 Å². The monoisotopic (exact) mass is 236 g/mol. The van der Waals surface area contributed by atoms with Crippen LogP contribution in [0.2, 0.25) is 5.02 Å². The first kappa shape index (κ1) is 11.0. The molecule has 1 heterocycles. The van der Waals surface area contributed by atoms with E-state index in [1.165, 1.54) is 0 Å². The zero-order valence-electron chi connectivity index (χ0n) is 9.22. The third-order valence-electron chi connectivity index (χ3n) is 2.19. The average Bonchev–Trinajstić information content (AvgIpc) is 2.66. The quantitative estimate of drug-likeness (QED) is 0.808. The smallest absolute Gasteiger partial charge is 0.302 e. The minimum Gasteiger partial charge on any atom is -0.425 e. The highest BCUT2D eigenvalue weighted by Gasteiger charge is 2.07. The number of benzene rings is 1. The summed E-state index contributed by atoms with van der Waals surface area (Å²) in [5.74, 6) is 0.695. The maximum atomic E-state index is 5.88. The van der Waals surface area contributed by atoms with Crippen molar-refractivity contribution in [3.8, 4) is 11.8 Å². The Morgan fingerprint density at radius 2 is 2.19 bits per heavy atom. The molecule has 0 aliphatic rings. The summed E-state index contributed by atoms with van der Waals surface area (Å²) in [5, 5.41) is 0.653. The third kappa shape index (κ3) is 2.36. The number of aromatic nitrogens is 2. The minimum atomic E-state index is 0.316. The molecule has 2 rings (SSSR count). The van der Waals surface area contributed by atoms with Crippen LogP contribution in [-0.2, 0) is 0 Å². The fourth-order valence-corrected chi connectivity index (χ4v) is 1.59. The van der Waals surface area contributed by atoms with Crippen LogP contribution in [0.25, 0.3) is 0 Å². The molecule has 4 heteroatoms. The Labute approximate surface area is 99.6 Å². The number of imidazole rings is 1. The van der Waals surface area contributed by atoms with E-state index in [4.69, 9.17) is 16.3 Å². The predicted octanol–water partition coefficient (Wildman–Crippen LogP) is 3.91. The highest BCUT2D eigenvalue weighted by molar-refractivity contribution is 6.30. The molecule has 0 saturated carbocycles. The molecule has 0 saturated heterocycles. The lowest BCUT2D eigenvalue weighted by Gasteiger charge is -2.11. The van der Waals surface area contributed by atoms with Crippen LogP contribution in [0.1, 0.15) is 19.9 Å². The van der Waals surface area contributed by atoms with Gasteiger partial charge >= 0.3 is 6.01 Å². The average molecular weight is 237 g/mol. The highest BCUT2D eigenvalue weighted by Crippen LogP contribution is 2.24. The number of halogens is 1. The number of nitrogens with zero attached hydrogens (tertiary/aromatic N) is 2. The fraction of sp³-hybridized carbons (Fsp3) is 0.250. The second kappa shape index (κ2) is 4.58. The van der Waals surface area contributed by atoms with Crippen LogP contribution in [0.4, 0.5) is 0 Å². The van der Waals surface area contributed by atoms with Crippen molar-refractivity contribution in [2.75, 3.05) is 0 Å². The Kier molecular flexibility index (Phi) is 3.15. The van der Waals surface area contributed by atoms with Gasteiger partial charge in [-0.2, -0.15) is 0 Å². The topological polar surface area (TPSA) is 27.1 Å². The molecule has 0 unspecified atom stereocenters. The minimum absolute atomic E-state index is 0.316. The van der Waals surface area contributed by atoms with E-state index in [1.54, 1.807) is 12.3 Å². The number of ether oxygens (including phenoxy) is 1. The van der Waals surface area contributed by atoms with Gasteiger partial charge in [0, 0.05) is 23.5 Å². The van der Waals surface area contributed by atoms with Crippen molar-refractivity contribution < 1.29 is 4.74 Å². The van der Waals surface area contributed by atoms with Gasteiger partial charge in [0.15, 0.2) is 0 Å². The zero-order valence-corrected chi connectivity index (χ0v) is 9.98. The van der Waals surface area contributed by atoms with E-state index in [2.05, 4.69) is 18.8 Å². The summed E-state index contributed by atoms with van der Waals surface area (Å²) in [7, 11) is 0. The van der Waals surface area contributed by atoms with E-state index >= 15 is 0 Å². The van der Waals surface area contributed by atoms with Crippen molar-refractivity contribution in [2.45, 2.75) is 19.9 Å². The van der Waals surface area contributed by atoms with Gasteiger partial charge < -0.3 is 4.74 Å². The van der Waals surface area contributed by atoms with Gasteiger partial charge in [-0.25, -0.2) is 4.98 Å². The normalized spacial score (nSPS) is 10.8. The molecule has 1 aromatic heterocycles. The number of hydrogen-bond acceptors (Lipinski definition) is 2. The predicted molar refractivity (Wildman–Crippen MR) is 64.1 cm³/mol. The van der Waals surface area contributed by atoms with Crippen LogP contribution < -0.4 is 4.74 Å². The molecule has 2 aromatic rings. The third-order valence-corrected chi connectivity index (χ3v) is 2.43. The van der Waals surface area contributed by atoms with E-state index in [9.17, 15) is 0 Å². The summed E-state index contributed by atoms with van der Waals surface area (Å²) in [6.07, 6.45) is 3.62. The molecule has 3 nitrogen and oxygen atoms in total. The van der Waals surface area contributed by atoms with Gasteiger partial charge in [-0.3, -0.25) is 4.57 Å². The first-order valence-electron chi connectivity index (χ1n) is 5.13. The molecule has 0 fully saturated rings. The van der Waals surface area contributed by atoms with Crippen molar-refractivity contribution in [3.63, 3.8) is 0 Å². The van der Waals surface area contributed by atoms with Gasteiger partial charge in [-0.1, -0.05) is 17.7 Å². The lowest BCUT2D eigenvalue weighted by molar-refractivity contribution is 0.396. The van der Waals surface area contributed by atoms with E-state index in [0.29, 0.717) is 22.8 Å². The summed E-state index contributed by atoms with van der Waals surface area (Å²) >= 11 is 5.88. The summed E-state index contributed by atoms with van der Waals surface area (Å²) in [5.41, 5.74) is 0. The maximum Gasteiger partial charge on any atom is 0.302 e. The molecule has 1 aromatic carbocycles. The molecule has 0 bridgehead atoms. The fourth-order valence-electron chi connectivity index (χ4n) is 1.41. The van der Waals surface area contributed by atoms with Crippen LogP contribution in [0.5, 0.6) is 11.8 Å². The Morgan fingerprint density at radius 1 is 1.38 bits per heavy atom. The molecule has 0 aliphatic heterocycles. The molecule has 0 radical (unpaired) electrons. The Hall–Kier alpha value is -1.48. The molecule has 0 aliphatic carbocycles. The van der Waals surface area contributed by atoms with Gasteiger partial charge in [-0.15, -0.1) is 0 Å². The van der Waals surface area contributed by atoms with E-state index in [-0.39, 0.29) is 0 Å². The lowest BCUT2D eigenvalue weighted by atomic mass is 10.3. The lowest BCUT2D eigenvalue weighted by Crippen LogP contribution is -2.01. The first-order chi connectivity index (χ1) is 7.66. The van der Waals surface area contributed by atoms with Gasteiger partial charge in [0.25, 0.3) is 0 Å². The second-order valence-electron chi connectivity index (χ2n) is 3.77. The molecular weight excluding hydrogens is 224 g/mol. The van der Waals surface area contributed by atoms with Crippen molar-refractivity contribution in [1.29, 1.82) is 0 Å². The van der Waals surface area contributed by atoms with E-state index < -0.39 is 0 Å². The van der Waals surface area contributed by atoms with Crippen LogP contribution in [0.15, 0.2) is 36.7 Å². The first-order valence-corrected chi connectivity index (χ1v) is 5.51. The van der Waals surface area contributed by atoms with Crippen molar-refractivity contribution in [1.82, 2.24) is 9.55 Å². The summed E-state index contributed by atoms with van der Waals surface area (Å²) in [6.45, 7) is 4.15. The zero-order chi connectivity index (χ0) is 11.5. The molecule has 16 heavy (non-hydrogen) atoms. The van der Waals surface area contributed by atoms with E-state index in [1.807, 2.05) is 29.0 Å². The largest absolute Gasteiger partial charge is 0.425 e. The summed E-state index contributed by atoms with van der Waals surface area (Å²) in [4.78, 5) is 4.16. The standard InChI is InChI=1S/C12H13ClN2O/c1-9(2)15-7-6-14-12(15)16-11-5-3-4-10(13)8-11/h3-9H,1-2H3. The summed E-state index contributed by atoms with van der Waals surface area (Å²) < 4.78 is 7.62. The van der Waals surface area contributed by atoms with Crippen molar-refractivity contribution in [3.05, 3.63) is 41.7 Å². The Morgan fingerprint density at radius 3 is 2.88 bits per heavy atom. The molecule has 0 atom stereocenters. The second-order valence-corrected chi connectivity index (χ2v) is 4.21. The SMILES string of the molecule is CC(C)n1ccnc1Oc1cccc(Cl)c1. The highest BCUT2D eigenvalue weighted by atomic mass is 35.5. The van der Waals surface area contributed by atoms with Crippen LogP contribution in [0, 0.1) is 0 Å². The van der Waals surface area contributed by atoms with Gasteiger partial charge in [0.05, 0.1) is 0 Å². The Balaban J connectivity index is 2.24. The van der Waals surface area contributed by atoms with Crippen LogP contribution in [0.3, 0.4) is 0 Å². The van der Waals surface area contributed by atoms with Crippen molar-refractivity contribution >= 4 is 11.6 Å². The molecule has 84 valence electrons. The molecule has 0 spiro atoms. The van der Waals surface area contributed by atoms with Gasteiger partial charge in [-0.05, 0) is 32.0 Å². The van der Waals surface area contributed by atoms with Gasteiger partial charge in [0.2, 0.25) is 0 Å². The van der Waals surface area contributed by atoms with Crippen molar-refractivity contribution in [2.24, 2.45) is 0 Å². The molecular formula is C12H13ClN2O. The summed E-state index contributed by atoms with van der Waals surface area (Å²) in [6, 6.07) is 8.17. The maximum absolute atomic E-state index is 5.88. The number of rotatable bonds is 3. The number of hydrogen-bond donors (Lipinski definition) is 0. The Bertz CT molecular complexity index is 479. The van der Waals surface area contributed by atoms with Crippen LogP contribution in [-0.4, -0.2) is 9.55 Å². The van der Waals surface area contributed by atoms with Crippen LogP contribution >= 0.6 is 11.6 Å². The molecule has 0 N–H and O–H groups in total. The molecule has 0 amide bonds.